The topological polar surface area (TPSA) is 59.8 Å². The summed E-state index contributed by atoms with van der Waals surface area (Å²) in [5, 5.41) is 6.01. The van der Waals surface area contributed by atoms with E-state index in [0.29, 0.717) is 11.7 Å². The van der Waals surface area contributed by atoms with E-state index >= 15 is 0 Å². The predicted octanol–water partition coefficient (Wildman–Crippen LogP) is 4.23. The Balaban J connectivity index is 1.73. The molecule has 3 aromatic rings. The molecular weight excluding hydrogens is 352 g/mol. The summed E-state index contributed by atoms with van der Waals surface area (Å²) in [5.41, 5.74) is 3.33. The number of allylic oxidation sites excluding steroid dienone is 1. The quantitative estimate of drug-likeness (QED) is 0.499. The first-order valence-electron chi connectivity index (χ1n) is 7.73. The number of carbonyl (C=O) groups excluding carboxylic acids is 1. The Morgan fingerprint density at radius 2 is 2.16 bits per heavy atom. The lowest BCUT2D eigenvalue weighted by Crippen LogP contribution is -2.14. The first-order valence-corrected chi connectivity index (χ1v) is 9.59. The monoisotopic (exact) mass is 370 g/mol. The molecule has 0 aliphatic rings. The van der Waals surface area contributed by atoms with Crippen LogP contribution in [-0.4, -0.2) is 26.2 Å². The van der Waals surface area contributed by atoms with Crippen molar-refractivity contribution < 1.29 is 4.79 Å². The molecule has 0 unspecified atom stereocenters. The van der Waals surface area contributed by atoms with Crippen molar-refractivity contribution in [3.8, 4) is 11.3 Å². The van der Waals surface area contributed by atoms with Gasteiger partial charge >= 0.3 is 0 Å². The van der Waals surface area contributed by atoms with Crippen LogP contribution in [0.3, 0.4) is 0 Å². The van der Waals surface area contributed by atoms with Crippen molar-refractivity contribution >= 4 is 34.1 Å². The number of nitrogens with zero attached hydrogens (tertiary/aromatic N) is 3. The van der Waals surface area contributed by atoms with Crippen LogP contribution in [0.5, 0.6) is 0 Å². The Morgan fingerprint density at radius 1 is 1.36 bits per heavy atom. The molecule has 3 rings (SSSR count). The van der Waals surface area contributed by atoms with Gasteiger partial charge in [-0.05, 0) is 12.5 Å². The molecule has 25 heavy (non-hydrogen) atoms. The third-order valence-corrected chi connectivity index (χ3v) is 5.17. The maximum absolute atomic E-state index is 12.0. The van der Waals surface area contributed by atoms with E-state index in [0.717, 1.165) is 16.4 Å². The van der Waals surface area contributed by atoms with Gasteiger partial charge in [0.05, 0.1) is 17.6 Å². The number of aromatic nitrogens is 3. The van der Waals surface area contributed by atoms with E-state index in [4.69, 9.17) is 0 Å². The summed E-state index contributed by atoms with van der Waals surface area (Å²) in [7, 11) is 0. The third kappa shape index (κ3) is 4.37. The molecule has 2 heterocycles. The smallest absolute Gasteiger partial charge is 0.236 e. The van der Waals surface area contributed by atoms with E-state index in [2.05, 4.69) is 57.6 Å². The van der Waals surface area contributed by atoms with Crippen LogP contribution in [0.2, 0.25) is 0 Å². The van der Waals surface area contributed by atoms with E-state index in [1.807, 2.05) is 17.7 Å². The summed E-state index contributed by atoms with van der Waals surface area (Å²) < 4.78 is 2.07. The highest BCUT2D eigenvalue weighted by Gasteiger charge is 2.13. The number of aryl methyl sites for hydroxylation is 1. The minimum atomic E-state index is -0.0926. The van der Waals surface area contributed by atoms with E-state index in [1.165, 1.54) is 28.7 Å². The second-order valence-electron chi connectivity index (χ2n) is 5.37. The Hall–Kier alpha value is -2.38. The zero-order valence-corrected chi connectivity index (χ0v) is 15.4. The average molecular weight is 371 g/mol. The molecule has 0 spiro atoms. The molecular formula is C18H18N4OS2. The molecule has 128 valence electrons. The van der Waals surface area contributed by atoms with Gasteiger partial charge in [-0.2, -0.15) is 0 Å². The number of anilines is 1. The van der Waals surface area contributed by atoms with Crippen LogP contribution in [0.1, 0.15) is 5.56 Å². The summed E-state index contributed by atoms with van der Waals surface area (Å²) in [6.45, 7) is 6.53. The molecule has 1 amide bonds. The first-order chi connectivity index (χ1) is 12.2. The van der Waals surface area contributed by atoms with Crippen LogP contribution >= 0.6 is 23.1 Å². The zero-order chi connectivity index (χ0) is 17.6. The maximum Gasteiger partial charge on any atom is 0.236 e. The molecule has 5 nitrogen and oxygen atoms in total. The molecule has 0 aliphatic heterocycles. The standard InChI is InChI=1S/C18H18N4OS2/c1-3-9-22-15(14-6-4-13(2)5-7-14)11-20-18(22)25-12-16(23)21-17-19-8-10-24-17/h3-8,10-11H,1,9,12H2,2H3,(H,19,21,23). The van der Waals surface area contributed by atoms with Gasteiger partial charge in [-0.15, -0.1) is 17.9 Å². The van der Waals surface area contributed by atoms with Crippen molar-refractivity contribution in [2.24, 2.45) is 0 Å². The summed E-state index contributed by atoms with van der Waals surface area (Å²) in [4.78, 5) is 20.6. The average Bonchev–Trinajstić information content (AvgIpc) is 3.24. The molecule has 0 fully saturated rings. The lowest BCUT2D eigenvalue weighted by molar-refractivity contribution is -0.113. The number of nitrogens with one attached hydrogen (secondary N) is 1. The Morgan fingerprint density at radius 3 is 2.84 bits per heavy atom. The number of carbonyl (C=O) groups is 1. The van der Waals surface area contributed by atoms with Crippen molar-refractivity contribution in [1.29, 1.82) is 0 Å². The molecule has 7 heteroatoms. The minimum Gasteiger partial charge on any atom is -0.315 e. The van der Waals surface area contributed by atoms with Gasteiger partial charge in [-0.1, -0.05) is 47.7 Å². The van der Waals surface area contributed by atoms with Gasteiger partial charge in [-0.3, -0.25) is 4.79 Å². The van der Waals surface area contributed by atoms with Gasteiger partial charge in [0.25, 0.3) is 0 Å². The number of imidazole rings is 1. The number of hydrogen-bond acceptors (Lipinski definition) is 5. The van der Waals surface area contributed by atoms with Gasteiger partial charge in [0, 0.05) is 18.1 Å². The fourth-order valence-electron chi connectivity index (χ4n) is 2.30. The largest absolute Gasteiger partial charge is 0.315 e. The van der Waals surface area contributed by atoms with Crippen molar-refractivity contribution in [2.75, 3.05) is 11.1 Å². The number of thiazole rings is 1. The molecule has 1 N–H and O–H groups in total. The number of benzene rings is 1. The molecule has 1 aromatic carbocycles. The normalized spacial score (nSPS) is 10.6. The van der Waals surface area contributed by atoms with Gasteiger partial charge in [0.15, 0.2) is 10.3 Å². The van der Waals surface area contributed by atoms with E-state index in [-0.39, 0.29) is 11.7 Å². The lowest BCUT2D eigenvalue weighted by atomic mass is 10.1. The molecule has 0 aliphatic carbocycles. The highest BCUT2D eigenvalue weighted by atomic mass is 32.2. The van der Waals surface area contributed by atoms with E-state index in [9.17, 15) is 4.79 Å². The van der Waals surface area contributed by atoms with Crippen molar-refractivity contribution in [2.45, 2.75) is 18.6 Å². The Kier molecular flexibility index (Phi) is 5.67. The summed E-state index contributed by atoms with van der Waals surface area (Å²) in [5.74, 6) is 0.186. The lowest BCUT2D eigenvalue weighted by Gasteiger charge is -2.10. The Labute approximate surface area is 154 Å². The summed E-state index contributed by atoms with van der Waals surface area (Å²) in [6, 6.07) is 8.31. The van der Waals surface area contributed by atoms with E-state index < -0.39 is 0 Å². The van der Waals surface area contributed by atoms with Gasteiger partial charge in [-0.25, -0.2) is 9.97 Å². The van der Waals surface area contributed by atoms with Crippen LogP contribution in [0.15, 0.2) is 59.9 Å². The maximum atomic E-state index is 12.0. The van der Waals surface area contributed by atoms with Crippen LogP contribution in [0.25, 0.3) is 11.3 Å². The van der Waals surface area contributed by atoms with Crippen molar-refractivity contribution in [3.05, 3.63) is 60.3 Å². The SMILES string of the molecule is C=CCn1c(-c2ccc(C)cc2)cnc1SCC(=O)Nc1nccs1. The predicted molar refractivity (Wildman–Crippen MR) is 104 cm³/mol. The molecule has 0 bridgehead atoms. The second-order valence-corrected chi connectivity index (χ2v) is 7.20. The summed E-state index contributed by atoms with van der Waals surface area (Å²) >= 11 is 2.80. The third-order valence-electron chi connectivity index (χ3n) is 3.49. The Bertz CT molecular complexity index is 854. The van der Waals surface area contributed by atoms with Crippen LogP contribution in [-0.2, 0) is 11.3 Å². The molecule has 0 atom stereocenters. The molecule has 0 saturated carbocycles. The summed E-state index contributed by atoms with van der Waals surface area (Å²) in [6.07, 6.45) is 5.34. The van der Waals surface area contributed by atoms with Crippen LogP contribution < -0.4 is 5.32 Å². The van der Waals surface area contributed by atoms with Crippen molar-refractivity contribution in [3.63, 3.8) is 0 Å². The highest BCUT2D eigenvalue weighted by Crippen LogP contribution is 2.26. The fourth-order valence-corrected chi connectivity index (χ4v) is 3.64. The van der Waals surface area contributed by atoms with Gasteiger partial charge < -0.3 is 9.88 Å². The number of rotatable bonds is 7. The van der Waals surface area contributed by atoms with Gasteiger partial charge in [0.2, 0.25) is 5.91 Å². The highest BCUT2D eigenvalue weighted by molar-refractivity contribution is 7.99. The number of hydrogen-bond donors (Lipinski definition) is 1. The molecule has 0 saturated heterocycles. The fraction of sp³-hybridized carbons (Fsp3) is 0.167. The van der Waals surface area contributed by atoms with Crippen LogP contribution in [0, 0.1) is 6.92 Å². The minimum absolute atomic E-state index is 0.0926. The van der Waals surface area contributed by atoms with Crippen LogP contribution in [0.4, 0.5) is 5.13 Å². The first kappa shape index (κ1) is 17.4. The van der Waals surface area contributed by atoms with E-state index in [1.54, 1.807) is 6.20 Å². The number of amides is 1. The van der Waals surface area contributed by atoms with Crippen molar-refractivity contribution in [1.82, 2.24) is 14.5 Å². The molecule has 0 radical (unpaired) electrons. The van der Waals surface area contributed by atoms with Gasteiger partial charge in [0.1, 0.15) is 0 Å². The zero-order valence-electron chi connectivity index (χ0n) is 13.8. The number of thioether (sulfide) groups is 1. The molecule has 2 aromatic heterocycles. The second kappa shape index (κ2) is 8.13.